The number of nitrogens with two attached hydrogens (primary N) is 1. The summed E-state index contributed by atoms with van der Waals surface area (Å²) in [6, 6.07) is 5.28. The predicted molar refractivity (Wildman–Crippen MR) is 106 cm³/mol. The highest BCUT2D eigenvalue weighted by molar-refractivity contribution is 5.96. The molecule has 1 aliphatic heterocycles. The molecule has 0 aliphatic carbocycles. The molecule has 1 unspecified atom stereocenters. The van der Waals surface area contributed by atoms with Crippen LogP contribution in [0.15, 0.2) is 18.2 Å². The van der Waals surface area contributed by atoms with Gasteiger partial charge in [0.25, 0.3) is 0 Å². The highest BCUT2D eigenvalue weighted by Gasteiger charge is 2.30. The van der Waals surface area contributed by atoms with Crippen LogP contribution in [0.1, 0.15) is 30.9 Å². The van der Waals surface area contributed by atoms with E-state index < -0.39 is 6.04 Å². The van der Waals surface area contributed by atoms with E-state index in [1.54, 1.807) is 0 Å². The first-order valence-corrected chi connectivity index (χ1v) is 8.92. The lowest BCUT2D eigenvalue weighted by atomic mass is 9.91. The average molecular weight is 384 g/mol. The predicted octanol–water partition coefficient (Wildman–Crippen LogP) is 2.27. The van der Waals surface area contributed by atoms with Crippen molar-refractivity contribution in [1.82, 2.24) is 4.90 Å². The van der Waals surface area contributed by atoms with Crippen LogP contribution in [0.4, 0.5) is 5.69 Å². The Kier molecular flexibility index (Phi) is 9.05. The minimum absolute atomic E-state index is 0. The fourth-order valence-electron chi connectivity index (χ4n) is 3.20. The van der Waals surface area contributed by atoms with Crippen LogP contribution >= 0.6 is 12.4 Å². The van der Waals surface area contributed by atoms with Crippen LogP contribution in [0.25, 0.3) is 0 Å². The number of aryl methyl sites for hydroxylation is 2. The standard InChI is InChI=1S/C19H29N3O3.ClH/c1-4-22(19(24)17(20)15-8-10-25-11-9-15)12-16(23)21-18-13(2)6-5-7-14(18)3;/h5-7,15,17H,4,8-12,20H2,1-3H3,(H,21,23);1H. The molecule has 1 saturated heterocycles. The Morgan fingerprint density at radius 3 is 2.38 bits per heavy atom. The number of amides is 2. The summed E-state index contributed by atoms with van der Waals surface area (Å²) < 4.78 is 5.33. The van der Waals surface area contributed by atoms with E-state index >= 15 is 0 Å². The first kappa shape index (κ1) is 22.4. The molecule has 1 heterocycles. The zero-order chi connectivity index (χ0) is 18.4. The number of benzene rings is 1. The molecule has 3 N–H and O–H groups in total. The van der Waals surface area contributed by atoms with Gasteiger partial charge in [0.05, 0.1) is 12.6 Å². The van der Waals surface area contributed by atoms with E-state index in [9.17, 15) is 9.59 Å². The largest absolute Gasteiger partial charge is 0.381 e. The summed E-state index contributed by atoms with van der Waals surface area (Å²) in [5.74, 6) is -0.241. The summed E-state index contributed by atoms with van der Waals surface area (Å²) in [5.41, 5.74) is 8.98. The van der Waals surface area contributed by atoms with E-state index in [1.165, 1.54) is 4.90 Å². The second kappa shape index (κ2) is 10.5. The van der Waals surface area contributed by atoms with Crippen molar-refractivity contribution in [2.45, 2.75) is 39.7 Å². The van der Waals surface area contributed by atoms with Crippen LogP contribution in [0.3, 0.4) is 0 Å². The highest BCUT2D eigenvalue weighted by Crippen LogP contribution is 2.20. The number of carbonyl (C=O) groups excluding carboxylic acids is 2. The van der Waals surface area contributed by atoms with Gasteiger partial charge in [0.2, 0.25) is 11.8 Å². The van der Waals surface area contributed by atoms with E-state index in [-0.39, 0.29) is 36.7 Å². The molecule has 1 aromatic rings. The van der Waals surface area contributed by atoms with Gasteiger partial charge in [0, 0.05) is 25.4 Å². The second-order valence-corrected chi connectivity index (χ2v) is 6.64. The van der Waals surface area contributed by atoms with Crippen LogP contribution in [-0.4, -0.2) is 49.1 Å². The fraction of sp³-hybridized carbons (Fsp3) is 0.579. The minimum Gasteiger partial charge on any atom is -0.381 e. The molecule has 1 atom stereocenters. The molecular formula is C19H30ClN3O3. The summed E-state index contributed by atoms with van der Waals surface area (Å²) in [5, 5.41) is 2.92. The van der Waals surface area contributed by atoms with Crippen LogP contribution in [0.5, 0.6) is 0 Å². The van der Waals surface area contributed by atoms with Gasteiger partial charge in [-0.15, -0.1) is 12.4 Å². The zero-order valence-electron chi connectivity index (χ0n) is 15.8. The van der Waals surface area contributed by atoms with Gasteiger partial charge in [-0.3, -0.25) is 9.59 Å². The maximum atomic E-state index is 12.7. The van der Waals surface area contributed by atoms with Crippen LogP contribution < -0.4 is 11.1 Å². The van der Waals surface area contributed by atoms with Crippen molar-refractivity contribution < 1.29 is 14.3 Å². The molecule has 0 saturated carbocycles. The third kappa shape index (κ3) is 5.69. The SMILES string of the molecule is CCN(CC(=O)Nc1c(C)cccc1C)C(=O)C(N)C1CCOCC1.Cl. The molecule has 0 spiro atoms. The van der Waals surface area contributed by atoms with Gasteiger partial charge >= 0.3 is 0 Å². The topological polar surface area (TPSA) is 84.7 Å². The van der Waals surface area contributed by atoms with Gasteiger partial charge in [-0.25, -0.2) is 0 Å². The minimum atomic E-state index is -0.572. The number of likely N-dealkylation sites (N-methyl/N-ethyl adjacent to an activating group) is 1. The Morgan fingerprint density at radius 2 is 1.85 bits per heavy atom. The lowest BCUT2D eigenvalue weighted by Crippen LogP contribution is -2.50. The number of carbonyl (C=O) groups is 2. The van der Waals surface area contributed by atoms with Gasteiger partial charge in [-0.05, 0) is 50.7 Å². The highest BCUT2D eigenvalue weighted by atomic mass is 35.5. The molecule has 0 bridgehead atoms. The van der Waals surface area contributed by atoms with Crippen molar-refractivity contribution in [2.75, 3.05) is 31.6 Å². The van der Waals surface area contributed by atoms with Crippen LogP contribution in [-0.2, 0) is 14.3 Å². The molecule has 1 aromatic carbocycles. The molecule has 1 fully saturated rings. The number of nitrogens with zero attached hydrogens (tertiary/aromatic N) is 1. The number of halogens is 1. The Hall–Kier alpha value is -1.63. The lowest BCUT2D eigenvalue weighted by molar-refractivity contribution is -0.137. The van der Waals surface area contributed by atoms with Crippen molar-refractivity contribution in [1.29, 1.82) is 0 Å². The second-order valence-electron chi connectivity index (χ2n) is 6.64. The van der Waals surface area contributed by atoms with Crippen molar-refractivity contribution >= 4 is 29.9 Å². The first-order valence-electron chi connectivity index (χ1n) is 8.92. The summed E-state index contributed by atoms with van der Waals surface area (Å²) in [6.45, 7) is 7.52. The summed E-state index contributed by atoms with van der Waals surface area (Å²) in [4.78, 5) is 26.6. The molecule has 0 aromatic heterocycles. The normalized spacial score (nSPS) is 15.7. The Balaban J connectivity index is 0.00000338. The summed E-state index contributed by atoms with van der Waals surface area (Å²) in [6.07, 6.45) is 1.58. The van der Waals surface area contributed by atoms with Crippen molar-refractivity contribution in [3.8, 4) is 0 Å². The van der Waals surface area contributed by atoms with Gasteiger partial charge in [0.1, 0.15) is 0 Å². The number of hydrogen-bond acceptors (Lipinski definition) is 4. The molecule has 6 nitrogen and oxygen atoms in total. The van der Waals surface area contributed by atoms with Gasteiger partial charge in [-0.2, -0.15) is 0 Å². The van der Waals surface area contributed by atoms with Crippen molar-refractivity contribution in [2.24, 2.45) is 11.7 Å². The van der Waals surface area contributed by atoms with Gasteiger partial charge in [-0.1, -0.05) is 18.2 Å². The Labute approximate surface area is 161 Å². The van der Waals surface area contributed by atoms with E-state index in [4.69, 9.17) is 10.5 Å². The van der Waals surface area contributed by atoms with E-state index in [0.717, 1.165) is 29.7 Å². The number of anilines is 1. The number of hydrogen-bond donors (Lipinski definition) is 2. The Morgan fingerprint density at radius 1 is 1.27 bits per heavy atom. The molecule has 26 heavy (non-hydrogen) atoms. The zero-order valence-corrected chi connectivity index (χ0v) is 16.6. The van der Waals surface area contributed by atoms with E-state index in [2.05, 4.69) is 5.32 Å². The third-order valence-electron chi connectivity index (χ3n) is 4.83. The third-order valence-corrected chi connectivity index (χ3v) is 4.83. The molecular weight excluding hydrogens is 354 g/mol. The monoisotopic (exact) mass is 383 g/mol. The van der Waals surface area contributed by atoms with E-state index in [0.29, 0.717) is 19.8 Å². The lowest BCUT2D eigenvalue weighted by Gasteiger charge is -2.30. The fourth-order valence-corrected chi connectivity index (χ4v) is 3.20. The molecule has 7 heteroatoms. The smallest absolute Gasteiger partial charge is 0.244 e. The summed E-state index contributed by atoms with van der Waals surface area (Å²) >= 11 is 0. The quantitative estimate of drug-likeness (QED) is 0.789. The number of nitrogens with one attached hydrogen (secondary N) is 1. The Bertz CT molecular complexity index is 598. The number of rotatable bonds is 6. The average Bonchev–Trinajstić information content (AvgIpc) is 2.62. The number of para-hydroxylation sites is 1. The molecule has 1 aliphatic rings. The van der Waals surface area contributed by atoms with Gasteiger partial charge in [0.15, 0.2) is 0 Å². The maximum absolute atomic E-state index is 12.7. The number of ether oxygens (including phenoxy) is 1. The molecule has 0 radical (unpaired) electrons. The molecule has 146 valence electrons. The van der Waals surface area contributed by atoms with E-state index in [1.807, 2.05) is 39.0 Å². The first-order chi connectivity index (χ1) is 11.9. The molecule has 2 rings (SSSR count). The van der Waals surface area contributed by atoms with Crippen molar-refractivity contribution in [3.63, 3.8) is 0 Å². The molecule has 2 amide bonds. The van der Waals surface area contributed by atoms with Crippen LogP contribution in [0, 0.1) is 19.8 Å². The summed E-state index contributed by atoms with van der Waals surface area (Å²) in [7, 11) is 0. The van der Waals surface area contributed by atoms with Crippen molar-refractivity contribution in [3.05, 3.63) is 29.3 Å². The maximum Gasteiger partial charge on any atom is 0.244 e. The van der Waals surface area contributed by atoms with Crippen LogP contribution in [0.2, 0.25) is 0 Å². The van der Waals surface area contributed by atoms with Gasteiger partial charge < -0.3 is 20.7 Å².